The molecule has 0 fully saturated rings. The summed E-state index contributed by atoms with van der Waals surface area (Å²) in [6, 6.07) is 9.21. The van der Waals surface area contributed by atoms with E-state index >= 15 is 0 Å². The van der Waals surface area contributed by atoms with Crippen LogP contribution >= 0.6 is 22.9 Å². The molecule has 0 aliphatic carbocycles. The second kappa shape index (κ2) is 7.89. The van der Waals surface area contributed by atoms with E-state index in [2.05, 4.69) is 5.32 Å². The van der Waals surface area contributed by atoms with Crippen LogP contribution in [0.4, 0.5) is 5.00 Å². The first kappa shape index (κ1) is 17.9. The van der Waals surface area contributed by atoms with Gasteiger partial charge < -0.3 is 10.1 Å². The minimum absolute atomic E-state index is 0.0697. The molecule has 2 aromatic rings. The highest BCUT2D eigenvalue weighted by Gasteiger charge is 2.18. The summed E-state index contributed by atoms with van der Waals surface area (Å²) in [5, 5.41) is 13.7. The van der Waals surface area contributed by atoms with E-state index in [1.54, 1.807) is 31.2 Å². The summed E-state index contributed by atoms with van der Waals surface area (Å²) in [6.45, 7) is 1.31. The Kier molecular flexibility index (Phi) is 5.88. The van der Waals surface area contributed by atoms with Crippen molar-refractivity contribution in [2.75, 3.05) is 6.61 Å². The van der Waals surface area contributed by atoms with Crippen LogP contribution in [0.2, 0.25) is 5.02 Å². The molecule has 1 aromatic heterocycles. The van der Waals surface area contributed by atoms with Gasteiger partial charge in [-0.3, -0.25) is 14.9 Å². The van der Waals surface area contributed by atoms with Crippen LogP contribution < -0.4 is 5.32 Å². The number of nitrogens with zero attached hydrogens (tertiary/aromatic N) is 1. The highest BCUT2D eigenvalue weighted by atomic mass is 35.5. The summed E-state index contributed by atoms with van der Waals surface area (Å²) in [5.74, 6) is -1.25. The third-order valence-electron chi connectivity index (χ3n) is 3.05. The lowest BCUT2D eigenvalue weighted by Gasteiger charge is -2.14. The minimum Gasteiger partial charge on any atom is -0.451 e. The molecule has 0 radical (unpaired) electrons. The lowest BCUT2D eigenvalue weighted by atomic mass is 10.1. The van der Waals surface area contributed by atoms with Gasteiger partial charge in [0.25, 0.3) is 5.91 Å². The maximum Gasteiger partial charge on any atom is 0.349 e. The van der Waals surface area contributed by atoms with Gasteiger partial charge >= 0.3 is 11.0 Å². The number of carbonyl (C=O) groups is 2. The topological polar surface area (TPSA) is 98.5 Å². The zero-order valence-electron chi connectivity index (χ0n) is 12.5. The molecule has 1 amide bonds. The monoisotopic (exact) mass is 368 g/mol. The first-order chi connectivity index (χ1) is 11.4. The molecule has 0 saturated heterocycles. The Labute approximate surface area is 146 Å². The molecule has 0 unspecified atom stereocenters. The Morgan fingerprint density at radius 1 is 1.29 bits per heavy atom. The van der Waals surface area contributed by atoms with Crippen molar-refractivity contribution >= 4 is 39.8 Å². The summed E-state index contributed by atoms with van der Waals surface area (Å²) in [4.78, 5) is 33.6. The summed E-state index contributed by atoms with van der Waals surface area (Å²) in [6.07, 6.45) is 0. The maximum atomic E-state index is 11.8. The van der Waals surface area contributed by atoms with Crippen molar-refractivity contribution in [3.63, 3.8) is 0 Å². The van der Waals surface area contributed by atoms with Gasteiger partial charge in [0.05, 0.1) is 11.0 Å². The maximum absolute atomic E-state index is 11.8. The number of rotatable bonds is 6. The quantitative estimate of drug-likeness (QED) is 0.479. The number of nitro groups is 1. The van der Waals surface area contributed by atoms with Crippen molar-refractivity contribution in [1.82, 2.24) is 5.32 Å². The highest BCUT2D eigenvalue weighted by Crippen LogP contribution is 2.24. The molecule has 0 bridgehead atoms. The average molecular weight is 369 g/mol. The number of esters is 1. The summed E-state index contributed by atoms with van der Waals surface area (Å²) in [7, 11) is 0. The smallest absolute Gasteiger partial charge is 0.349 e. The van der Waals surface area contributed by atoms with Crippen LogP contribution in [0.3, 0.4) is 0 Å². The number of halogens is 1. The number of hydrogen-bond acceptors (Lipinski definition) is 6. The Morgan fingerprint density at radius 3 is 2.54 bits per heavy atom. The van der Waals surface area contributed by atoms with Gasteiger partial charge in [-0.1, -0.05) is 35.1 Å². The van der Waals surface area contributed by atoms with Gasteiger partial charge in [0.15, 0.2) is 6.61 Å². The molecule has 126 valence electrons. The summed E-state index contributed by atoms with van der Waals surface area (Å²) in [5.41, 5.74) is 0.855. The van der Waals surface area contributed by atoms with Gasteiger partial charge in [0.1, 0.15) is 4.88 Å². The molecule has 2 rings (SSSR count). The zero-order chi connectivity index (χ0) is 17.7. The average Bonchev–Trinajstić information content (AvgIpc) is 3.03. The second-order valence-corrected chi connectivity index (χ2v) is 6.31. The lowest BCUT2D eigenvalue weighted by Crippen LogP contribution is -2.31. The molecule has 1 heterocycles. The summed E-state index contributed by atoms with van der Waals surface area (Å²) < 4.78 is 4.85. The van der Waals surface area contributed by atoms with Crippen LogP contribution in [-0.2, 0) is 9.53 Å². The van der Waals surface area contributed by atoms with Crippen molar-refractivity contribution in [2.24, 2.45) is 0 Å². The van der Waals surface area contributed by atoms with E-state index in [0.29, 0.717) is 16.4 Å². The van der Waals surface area contributed by atoms with Gasteiger partial charge in [-0.25, -0.2) is 4.79 Å². The first-order valence-corrected chi connectivity index (χ1v) is 8.02. The third-order valence-corrected chi connectivity index (χ3v) is 4.32. The third kappa shape index (κ3) is 4.77. The number of carbonyl (C=O) groups excluding carboxylic acids is 2. The molecule has 0 saturated carbocycles. The van der Waals surface area contributed by atoms with Crippen LogP contribution in [0.1, 0.15) is 28.2 Å². The Morgan fingerprint density at radius 2 is 1.96 bits per heavy atom. The largest absolute Gasteiger partial charge is 0.451 e. The standard InChI is InChI=1S/C15H13ClN2O5S/c1-9(10-2-4-11(16)5-3-10)17-13(19)8-23-15(20)12-6-7-14(24-12)18(21)22/h2-7,9H,8H2,1H3,(H,17,19)/t9-/m0/s1. The normalized spacial score (nSPS) is 11.6. The second-order valence-electron chi connectivity index (χ2n) is 4.81. The van der Waals surface area contributed by atoms with Gasteiger partial charge in [0, 0.05) is 11.1 Å². The van der Waals surface area contributed by atoms with Crippen molar-refractivity contribution in [3.8, 4) is 0 Å². The molecule has 0 spiro atoms. The molecule has 9 heteroatoms. The fraction of sp³-hybridized carbons (Fsp3) is 0.200. The van der Waals surface area contributed by atoms with Crippen molar-refractivity contribution in [2.45, 2.75) is 13.0 Å². The van der Waals surface area contributed by atoms with Crippen LogP contribution in [-0.4, -0.2) is 23.4 Å². The molecule has 1 aromatic carbocycles. The number of nitrogens with one attached hydrogen (secondary N) is 1. The van der Waals surface area contributed by atoms with E-state index in [0.717, 1.165) is 5.56 Å². The predicted molar refractivity (Wildman–Crippen MR) is 89.3 cm³/mol. The molecular weight excluding hydrogens is 356 g/mol. The van der Waals surface area contributed by atoms with E-state index in [9.17, 15) is 19.7 Å². The fourth-order valence-corrected chi connectivity index (χ4v) is 2.70. The fourth-order valence-electron chi connectivity index (χ4n) is 1.86. The van der Waals surface area contributed by atoms with Crippen molar-refractivity contribution < 1.29 is 19.2 Å². The zero-order valence-corrected chi connectivity index (χ0v) is 14.1. The van der Waals surface area contributed by atoms with E-state index < -0.39 is 23.4 Å². The molecule has 7 nitrogen and oxygen atoms in total. The number of amides is 1. The predicted octanol–water partition coefficient (Wildman–Crippen LogP) is 3.34. The molecular formula is C15H13ClN2O5S. The van der Waals surface area contributed by atoms with Gasteiger partial charge in [-0.2, -0.15) is 0 Å². The first-order valence-electron chi connectivity index (χ1n) is 6.83. The van der Waals surface area contributed by atoms with E-state index in [4.69, 9.17) is 16.3 Å². The Bertz CT molecular complexity index is 759. The van der Waals surface area contributed by atoms with Gasteiger partial charge in [0.2, 0.25) is 0 Å². The molecule has 1 N–H and O–H groups in total. The van der Waals surface area contributed by atoms with Crippen LogP contribution in [0.15, 0.2) is 36.4 Å². The van der Waals surface area contributed by atoms with E-state index in [1.807, 2.05) is 0 Å². The Hall–Kier alpha value is -2.45. The molecule has 0 aliphatic heterocycles. The van der Waals surface area contributed by atoms with Gasteiger partial charge in [-0.15, -0.1) is 0 Å². The number of benzene rings is 1. The Balaban J connectivity index is 1.84. The SMILES string of the molecule is C[C@H](NC(=O)COC(=O)c1ccc([N+](=O)[O-])s1)c1ccc(Cl)cc1. The number of ether oxygens (including phenoxy) is 1. The summed E-state index contributed by atoms with van der Waals surface area (Å²) >= 11 is 6.50. The highest BCUT2D eigenvalue weighted by molar-refractivity contribution is 7.17. The van der Waals surface area contributed by atoms with Crippen LogP contribution in [0, 0.1) is 10.1 Å². The van der Waals surface area contributed by atoms with Crippen LogP contribution in [0.5, 0.6) is 0 Å². The van der Waals surface area contributed by atoms with Crippen molar-refractivity contribution in [1.29, 1.82) is 0 Å². The number of hydrogen-bond donors (Lipinski definition) is 1. The van der Waals surface area contributed by atoms with E-state index in [1.165, 1.54) is 12.1 Å². The minimum atomic E-state index is -0.776. The molecule has 1 atom stereocenters. The van der Waals surface area contributed by atoms with Crippen molar-refractivity contribution in [3.05, 3.63) is 62.0 Å². The van der Waals surface area contributed by atoms with Gasteiger partial charge in [-0.05, 0) is 30.7 Å². The molecule has 0 aliphatic rings. The van der Waals surface area contributed by atoms with E-state index in [-0.39, 0.29) is 15.9 Å². The molecule has 24 heavy (non-hydrogen) atoms. The lowest BCUT2D eigenvalue weighted by molar-refractivity contribution is -0.380. The number of thiophene rings is 1. The van der Waals surface area contributed by atoms with Crippen LogP contribution in [0.25, 0.3) is 0 Å².